The molecular formula is C18H25ClN2O4. The molecule has 0 unspecified atom stereocenters. The summed E-state index contributed by atoms with van der Waals surface area (Å²) >= 11 is 6.14. The highest BCUT2D eigenvalue weighted by Gasteiger charge is 2.37. The minimum atomic E-state index is -0.926. The van der Waals surface area contributed by atoms with Crippen LogP contribution in [0, 0.1) is 5.92 Å². The van der Waals surface area contributed by atoms with E-state index >= 15 is 0 Å². The number of nitrogens with one attached hydrogen (secondary N) is 1. The van der Waals surface area contributed by atoms with Crippen molar-refractivity contribution in [2.24, 2.45) is 5.92 Å². The summed E-state index contributed by atoms with van der Waals surface area (Å²) in [6.07, 6.45) is 0.0732. The van der Waals surface area contributed by atoms with Crippen molar-refractivity contribution in [2.45, 2.75) is 45.4 Å². The highest BCUT2D eigenvalue weighted by molar-refractivity contribution is 6.31. The summed E-state index contributed by atoms with van der Waals surface area (Å²) in [6, 6.07) is 7.22. The Balaban J connectivity index is 1.98. The molecule has 0 aliphatic carbocycles. The SMILES string of the molecule is CC(C)(C)OC(=O)N1CC[C@@H](NCc2ccccc2Cl)[C@H](C(=O)O)C1. The lowest BCUT2D eigenvalue weighted by Gasteiger charge is -2.37. The largest absolute Gasteiger partial charge is 0.481 e. The molecule has 0 spiro atoms. The first-order chi connectivity index (χ1) is 11.7. The molecule has 1 saturated heterocycles. The van der Waals surface area contributed by atoms with E-state index in [-0.39, 0.29) is 12.6 Å². The molecule has 0 bridgehead atoms. The molecule has 138 valence electrons. The molecule has 25 heavy (non-hydrogen) atoms. The number of hydrogen-bond acceptors (Lipinski definition) is 4. The molecule has 1 aliphatic heterocycles. The summed E-state index contributed by atoms with van der Waals surface area (Å²) < 4.78 is 5.34. The van der Waals surface area contributed by atoms with Gasteiger partial charge in [-0.05, 0) is 38.8 Å². The molecule has 6 nitrogen and oxygen atoms in total. The van der Waals surface area contributed by atoms with Gasteiger partial charge in [-0.2, -0.15) is 0 Å². The summed E-state index contributed by atoms with van der Waals surface area (Å²) in [5.41, 5.74) is 0.317. The van der Waals surface area contributed by atoms with Crippen LogP contribution in [0.3, 0.4) is 0 Å². The second-order valence-corrected chi connectivity index (χ2v) is 7.65. The molecule has 1 fully saturated rings. The van der Waals surface area contributed by atoms with Crippen LogP contribution >= 0.6 is 11.6 Å². The van der Waals surface area contributed by atoms with Crippen LogP contribution in [0.4, 0.5) is 4.79 Å². The molecule has 1 heterocycles. The van der Waals surface area contributed by atoms with Crippen LogP contribution in [0.15, 0.2) is 24.3 Å². The second-order valence-electron chi connectivity index (χ2n) is 7.24. The standard InChI is InChI=1S/C18H25ClN2O4/c1-18(2,3)25-17(24)21-9-8-15(13(11-21)16(22)23)20-10-12-6-4-5-7-14(12)19/h4-7,13,15,20H,8-11H2,1-3H3,(H,22,23)/t13-,15-/m1/s1. The van der Waals surface area contributed by atoms with Crippen molar-refractivity contribution in [1.29, 1.82) is 0 Å². The number of amides is 1. The Hall–Kier alpha value is -1.79. The molecule has 2 atom stereocenters. The van der Waals surface area contributed by atoms with E-state index in [4.69, 9.17) is 16.3 Å². The number of rotatable bonds is 4. The summed E-state index contributed by atoms with van der Waals surface area (Å²) in [5, 5.41) is 13.5. The Kier molecular flexibility index (Phi) is 6.30. The molecular weight excluding hydrogens is 344 g/mol. The van der Waals surface area contributed by atoms with Gasteiger partial charge in [0.25, 0.3) is 0 Å². The number of piperidine rings is 1. The zero-order valence-electron chi connectivity index (χ0n) is 14.8. The number of hydrogen-bond donors (Lipinski definition) is 2. The molecule has 2 N–H and O–H groups in total. The van der Waals surface area contributed by atoms with Crippen LogP contribution in [0.25, 0.3) is 0 Å². The lowest BCUT2D eigenvalue weighted by Crippen LogP contribution is -2.54. The number of ether oxygens (including phenoxy) is 1. The van der Waals surface area contributed by atoms with E-state index in [0.717, 1.165) is 5.56 Å². The summed E-state index contributed by atoms with van der Waals surface area (Å²) in [7, 11) is 0. The minimum Gasteiger partial charge on any atom is -0.481 e. The number of halogens is 1. The van der Waals surface area contributed by atoms with Crippen molar-refractivity contribution in [3.8, 4) is 0 Å². The Labute approximate surface area is 153 Å². The molecule has 2 rings (SSSR count). The van der Waals surface area contributed by atoms with E-state index < -0.39 is 23.6 Å². The van der Waals surface area contributed by atoms with Gasteiger partial charge in [0.05, 0.1) is 5.92 Å². The fourth-order valence-electron chi connectivity index (χ4n) is 2.82. The maximum Gasteiger partial charge on any atom is 0.410 e. The van der Waals surface area contributed by atoms with Crippen molar-refractivity contribution in [1.82, 2.24) is 10.2 Å². The summed E-state index contributed by atoms with van der Waals surface area (Å²) in [5.74, 6) is -1.62. The highest BCUT2D eigenvalue weighted by Crippen LogP contribution is 2.22. The quantitative estimate of drug-likeness (QED) is 0.853. The predicted molar refractivity (Wildman–Crippen MR) is 95.6 cm³/mol. The fraction of sp³-hybridized carbons (Fsp3) is 0.556. The maximum atomic E-state index is 12.2. The van der Waals surface area contributed by atoms with Gasteiger partial charge in [-0.25, -0.2) is 4.79 Å². The van der Waals surface area contributed by atoms with Gasteiger partial charge < -0.3 is 20.1 Å². The van der Waals surface area contributed by atoms with Gasteiger partial charge in [-0.3, -0.25) is 4.79 Å². The topological polar surface area (TPSA) is 78.9 Å². The Morgan fingerprint density at radius 1 is 1.36 bits per heavy atom. The normalized spacial score (nSPS) is 21.0. The molecule has 7 heteroatoms. The van der Waals surface area contributed by atoms with Gasteiger partial charge in [0.2, 0.25) is 0 Å². The molecule has 1 aromatic rings. The van der Waals surface area contributed by atoms with Crippen LogP contribution in [-0.4, -0.2) is 46.8 Å². The lowest BCUT2D eigenvalue weighted by atomic mass is 9.92. The Morgan fingerprint density at radius 2 is 2.04 bits per heavy atom. The van der Waals surface area contributed by atoms with Crippen molar-refractivity contribution in [3.63, 3.8) is 0 Å². The zero-order valence-corrected chi connectivity index (χ0v) is 15.5. The van der Waals surface area contributed by atoms with Crippen molar-refractivity contribution >= 4 is 23.7 Å². The monoisotopic (exact) mass is 368 g/mol. The molecule has 0 saturated carbocycles. The van der Waals surface area contributed by atoms with Crippen LogP contribution in [0.1, 0.15) is 32.8 Å². The van der Waals surface area contributed by atoms with Crippen molar-refractivity contribution in [3.05, 3.63) is 34.9 Å². The van der Waals surface area contributed by atoms with E-state index in [2.05, 4.69) is 5.32 Å². The average molecular weight is 369 g/mol. The number of aliphatic carboxylic acids is 1. The number of likely N-dealkylation sites (tertiary alicyclic amines) is 1. The summed E-state index contributed by atoms with van der Waals surface area (Å²) in [4.78, 5) is 25.3. The number of carboxylic acids is 1. The molecule has 1 aromatic carbocycles. The van der Waals surface area contributed by atoms with Crippen molar-refractivity contribution < 1.29 is 19.4 Å². The van der Waals surface area contributed by atoms with E-state index in [1.807, 2.05) is 18.2 Å². The minimum absolute atomic E-state index is 0.129. The van der Waals surface area contributed by atoms with Crippen LogP contribution < -0.4 is 5.32 Å². The first-order valence-corrected chi connectivity index (χ1v) is 8.72. The molecule has 0 aromatic heterocycles. The fourth-order valence-corrected chi connectivity index (χ4v) is 3.02. The Morgan fingerprint density at radius 3 is 2.64 bits per heavy atom. The first-order valence-electron chi connectivity index (χ1n) is 8.35. The van der Waals surface area contributed by atoms with Crippen molar-refractivity contribution in [2.75, 3.05) is 13.1 Å². The van der Waals surface area contributed by atoms with Gasteiger partial charge in [-0.15, -0.1) is 0 Å². The van der Waals surface area contributed by atoms with Gasteiger partial charge in [-0.1, -0.05) is 29.8 Å². The number of carboxylic acid groups (broad SMARTS) is 1. The van der Waals surface area contributed by atoms with Crippen LogP contribution in [0.2, 0.25) is 5.02 Å². The number of carbonyl (C=O) groups excluding carboxylic acids is 1. The molecule has 1 amide bonds. The van der Waals surface area contributed by atoms with Gasteiger partial charge in [0.1, 0.15) is 5.60 Å². The highest BCUT2D eigenvalue weighted by atomic mass is 35.5. The third kappa shape index (κ3) is 5.61. The maximum absolute atomic E-state index is 12.2. The number of nitrogens with zero attached hydrogens (tertiary/aromatic N) is 1. The third-order valence-corrected chi connectivity index (χ3v) is 4.46. The number of benzene rings is 1. The first kappa shape index (κ1) is 19.5. The molecule has 0 radical (unpaired) electrons. The lowest BCUT2D eigenvalue weighted by molar-refractivity contribution is -0.144. The van der Waals surface area contributed by atoms with E-state index in [0.29, 0.717) is 24.5 Å². The van der Waals surface area contributed by atoms with E-state index in [1.165, 1.54) is 4.90 Å². The van der Waals surface area contributed by atoms with Crippen LogP contribution in [0.5, 0.6) is 0 Å². The zero-order chi connectivity index (χ0) is 18.6. The van der Waals surface area contributed by atoms with Gasteiger partial charge in [0.15, 0.2) is 0 Å². The predicted octanol–water partition coefficient (Wildman–Crippen LogP) is 3.14. The molecule has 1 aliphatic rings. The van der Waals surface area contributed by atoms with E-state index in [1.54, 1.807) is 26.8 Å². The Bertz CT molecular complexity index is 630. The van der Waals surface area contributed by atoms with Gasteiger partial charge >= 0.3 is 12.1 Å². The second kappa shape index (κ2) is 8.06. The number of carbonyl (C=O) groups is 2. The summed E-state index contributed by atoms with van der Waals surface area (Å²) in [6.45, 7) is 6.44. The van der Waals surface area contributed by atoms with Crippen LogP contribution in [-0.2, 0) is 16.1 Å². The van der Waals surface area contributed by atoms with E-state index in [9.17, 15) is 14.7 Å². The average Bonchev–Trinajstić information content (AvgIpc) is 2.52. The smallest absolute Gasteiger partial charge is 0.410 e. The van der Waals surface area contributed by atoms with Gasteiger partial charge in [0, 0.05) is 30.7 Å². The third-order valence-electron chi connectivity index (χ3n) is 4.09.